The van der Waals surface area contributed by atoms with Gasteiger partial charge in [-0.25, -0.2) is 14.3 Å². The number of amides is 2. The summed E-state index contributed by atoms with van der Waals surface area (Å²) >= 11 is 0. The Balaban J connectivity index is 1.09. The van der Waals surface area contributed by atoms with Crippen LogP contribution in [0.25, 0.3) is 11.8 Å². The number of rotatable bonds is 8. The second-order valence-corrected chi connectivity index (χ2v) is 8.69. The Kier molecular flexibility index (Phi) is 7.85. The first-order valence-electron chi connectivity index (χ1n) is 12.2. The highest BCUT2D eigenvalue weighted by Gasteiger charge is 2.33. The molecule has 13 heteroatoms. The number of benzene rings is 3. The van der Waals surface area contributed by atoms with Crippen LogP contribution in [0.4, 0.5) is 29.3 Å². The maximum Gasteiger partial charge on any atom is 0.418 e. The highest BCUT2D eigenvalue weighted by molar-refractivity contribution is 6.00. The summed E-state index contributed by atoms with van der Waals surface area (Å²) in [6.45, 7) is 0.266. The van der Waals surface area contributed by atoms with Crippen molar-refractivity contribution >= 4 is 29.5 Å². The SMILES string of the molecule is O=C(Nc1ccc(-n2cc(CCOC(=O)/C=C/c3ccc4c(c3)OCO4)nn2)cc1)Nc1ccccc1C(F)(F)F. The van der Waals surface area contributed by atoms with Gasteiger partial charge in [0.05, 0.1) is 35.4 Å². The minimum Gasteiger partial charge on any atom is -0.462 e. The van der Waals surface area contributed by atoms with E-state index in [9.17, 15) is 22.8 Å². The maximum atomic E-state index is 13.1. The van der Waals surface area contributed by atoms with Gasteiger partial charge in [0.2, 0.25) is 6.79 Å². The molecule has 0 fully saturated rings. The lowest BCUT2D eigenvalue weighted by molar-refractivity contribution is -0.138. The van der Waals surface area contributed by atoms with Crippen molar-refractivity contribution in [3.63, 3.8) is 0 Å². The topological polar surface area (TPSA) is 117 Å². The van der Waals surface area contributed by atoms with E-state index in [1.165, 1.54) is 29.0 Å². The van der Waals surface area contributed by atoms with E-state index in [2.05, 4.69) is 20.9 Å². The Morgan fingerprint density at radius 1 is 1.00 bits per heavy atom. The molecule has 0 spiro atoms. The van der Waals surface area contributed by atoms with Crippen molar-refractivity contribution in [2.24, 2.45) is 0 Å². The summed E-state index contributed by atoms with van der Waals surface area (Å²) in [6.07, 6.45) is 0.335. The highest BCUT2D eigenvalue weighted by atomic mass is 19.4. The van der Waals surface area contributed by atoms with Gasteiger partial charge < -0.3 is 24.8 Å². The molecule has 0 radical (unpaired) electrons. The lowest BCUT2D eigenvalue weighted by Gasteiger charge is -2.14. The average molecular weight is 566 g/mol. The largest absolute Gasteiger partial charge is 0.462 e. The monoisotopic (exact) mass is 565 g/mol. The third-order valence-corrected chi connectivity index (χ3v) is 5.82. The zero-order chi connectivity index (χ0) is 28.8. The molecule has 0 atom stereocenters. The van der Waals surface area contributed by atoms with Gasteiger partial charge in [-0.2, -0.15) is 13.2 Å². The number of carbonyl (C=O) groups excluding carboxylic acids is 2. The molecule has 0 aliphatic carbocycles. The number of aromatic nitrogens is 3. The number of hydrogen-bond donors (Lipinski definition) is 2. The zero-order valence-corrected chi connectivity index (χ0v) is 21.2. The van der Waals surface area contributed by atoms with Gasteiger partial charge in [-0.3, -0.25) is 0 Å². The van der Waals surface area contributed by atoms with Crippen molar-refractivity contribution in [1.29, 1.82) is 0 Å². The number of alkyl halides is 3. The number of hydrogen-bond acceptors (Lipinski definition) is 7. The summed E-state index contributed by atoms with van der Waals surface area (Å²) in [4.78, 5) is 24.3. The number of anilines is 2. The molecule has 1 aliphatic rings. The van der Waals surface area contributed by atoms with Gasteiger partial charge in [-0.1, -0.05) is 23.4 Å². The van der Waals surface area contributed by atoms with Crippen LogP contribution in [0.2, 0.25) is 0 Å². The van der Waals surface area contributed by atoms with Crippen LogP contribution in [0.5, 0.6) is 11.5 Å². The number of esters is 1. The summed E-state index contributed by atoms with van der Waals surface area (Å²) in [5.41, 5.74) is 1.04. The number of carbonyl (C=O) groups is 2. The Morgan fingerprint density at radius 3 is 2.59 bits per heavy atom. The number of urea groups is 1. The normalized spacial score (nSPS) is 12.4. The molecule has 1 aromatic heterocycles. The van der Waals surface area contributed by atoms with E-state index in [0.29, 0.717) is 35.0 Å². The fourth-order valence-electron chi connectivity index (χ4n) is 3.85. The van der Waals surface area contributed by atoms with Crippen LogP contribution < -0.4 is 20.1 Å². The molecule has 1 aliphatic heterocycles. The molecule has 5 rings (SSSR count). The second kappa shape index (κ2) is 11.8. The van der Waals surface area contributed by atoms with Gasteiger partial charge in [0.15, 0.2) is 11.5 Å². The molecule has 4 aromatic rings. The van der Waals surface area contributed by atoms with Crippen LogP contribution >= 0.6 is 0 Å². The highest BCUT2D eigenvalue weighted by Crippen LogP contribution is 2.35. The van der Waals surface area contributed by atoms with Crippen molar-refractivity contribution in [1.82, 2.24) is 15.0 Å². The van der Waals surface area contributed by atoms with Crippen molar-refractivity contribution in [2.75, 3.05) is 24.0 Å². The Morgan fingerprint density at radius 2 is 1.78 bits per heavy atom. The van der Waals surface area contributed by atoms with Gasteiger partial charge in [0.25, 0.3) is 0 Å². The first-order chi connectivity index (χ1) is 19.7. The number of nitrogens with zero attached hydrogens (tertiary/aromatic N) is 3. The quantitative estimate of drug-likeness (QED) is 0.215. The van der Waals surface area contributed by atoms with E-state index in [0.717, 1.165) is 11.6 Å². The molecule has 0 saturated carbocycles. The van der Waals surface area contributed by atoms with Crippen LogP contribution in [0.3, 0.4) is 0 Å². The van der Waals surface area contributed by atoms with Gasteiger partial charge in [-0.15, -0.1) is 5.10 Å². The number of para-hydroxylation sites is 1. The Labute approximate surface area is 231 Å². The zero-order valence-electron chi connectivity index (χ0n) is 21.2. The van der Waals surface area contributed by atoms with Crippen LogP contribution in [0.15, 0.2) is 79.0 Å². The predicted octanol–water partition coefficient (Wildman–Crippen LogP) is 5.46. The maximum absolute atomic E-state index is 13.1. The predicted molar refractivity (Wildman–Crippen MR) is 142 cm³/mol. The number of halogens is 3. The molecule has 2 N–H and O–H groups in total. The van der Waals surface area contributed by atoms with E-state index in [1.54, 1.807) is 54.7 Å². The van der Waals surface area contributed by atoms with Crippen molar-refractivity contribution in [3.05, 3.63) is 95.8 Å². The molecule has 210 valence electrons. The smallest absolute Gasteiger partial charge is 0.418 e. The Hall–Kier alpha value is -5.33. The van der Waals surface area contributed by atoms with Crippen LogP contribution in [0, 0.1) is 0 Å². The van der Waals surface area contributed by atoms with E-state index in [4.69, 9.17) is 14.2 Å². The first-order valence-corrected chi connectivity index (χ1v) is 12.2. The van der Waals surface area contributed by atoms with Gasteiger partial charge in [0, 0.05) is 18.2 Å². The fourth-order valence-corrected chi connectivity index (χ4v) is 3.85. The van der Waals surface area contributed by atoms with E-state index in [-0.39, 0.29) is 19.1 Å². The molecule has 3 aromatic carbocycles. The van der Waals surface area contributed by atoms with Gasteiger partial charge >= 0.3 is 18.2 Å². The second-order valence-electron chi connectivity index (χ2n) is 8.69. The minimum atomic E-state index is -4.60. The molecule has 0 saturated heterocycles. The van der Waals surface area contributed by atoms with E-state index >= 15 is 0 Å². The van der Waals surface area contributed by atoms with Crippen molar-refractivity contribution in [2.45, 2.75) is 12.6 Å². The van der Waals surface area contributed by atoms with Crippen LogP contribution in [-0.2, 0) is 22.1 Å². The molecule has 0 bridgehead atoms. The molecule has 10 nitrogen and oxygen atoms in total. The lowest BCUT2D eigenvalue weighted by Crippen LogP contribution is -2.21. The van der Waals surface area contributed by atoms with E-state index in [1.807, 2.05) is 0 Å². The molecular weight excluding hydrogens is 543 g/mol. The summed E-state index contributed by atoms with van der Waals surface area (Å²) in [5, 5.41) is 12.8. The third kappa shape index (κ3) is 7.01. The van der Waals surface area contributed by atoms with E-state index < -0.39 is 23.7 Å². The number of ether oxygens (including phenoxy) is 3. The average Bonchev–Trinajstić information content (AvgIpc) is 3.61. The summed E-state index contributed by atoms with van der Waals surface area (Å²) in [6, 6.07) is 15.6. The summed E-state index contributed by atoms with van der Waals surface area (Å²) in [5.74, 6) is 0.762. The molecule has 2 heterocycles. The van der Waals surface area contributed by atoms with Crippen LogP contribution in [-0.4, -0.2) is 40.4 Å². The third-order valence-electron chi connectivity index (χ3n) is 5.82. The fraction of sp³-hybridized carbons (Fsp3) is 0.143. The Bertz CT molecular complexity index is 1580. The minimum absolute atomic E-state index is 0.0957. The van der Waals surface area contributed by atoms with Crippen LogP contribution in [0.1, 0.15) is 16.8 Å². The molecular formula is C28H22F3N5O5. The lowest BCUT2D eigenvalue weighted by atomic mass is 10.1. The van der Waals surface area contributed by atoms with Crippen molar-refractivity contribution in [3.8, 4) is 17.2 Å². The molecule has 2 amide bonds. The summed E-state index contributed by atoms with van der Waals surface area (Å²) < 4.78 is 56.7. The molecule has 0 unspecified atom stereocenters. The standard InChI is InChI=1S/C28H22F3N5O5/c29-28(30,31)22-3-1-2-4-23(22)33-27(38)32-19-7-9-21(10-8-19)36-16-20(34-35-36)13-14-39-26(37)12-6-18-5-11-24-25(15-18)41-17-40-24/h1-12,15-16H,13-14,17H2,(H2,32,33,38)/b12-6+. The van der Waals surface area contributed by atoms with Gasteiger partial charge in [-0.05, 0) is 60.2 Å². The summed E-state index contributed by atoms with van der Waals surface area (Å²) in [7, 11) is 0. The molecule has 41 heavy (non-hydrogen) atoms. The number of fused-ring (bicyclic) bond motifs is 1. The van der Waals surface area contributed by atoms with Gasteiger partial charge in [0.1, 0.15) is 0 Å². The number of nitrogens with one attached hydrogen (secondary N) is 2. The first kappa shape index (κ1) is 27.2. The van der Waals surface area contributed by atoms with Crippen molar-refractivity contribution < 1.29 is 37.0 Å².